The largest absolute Gasteiger partial charge is 0.384 e. The molecule has 0 aliphatic heterocycles. The molecule has 1 aromatic heterocycles. The van der Waals surface area contributed by atoms with Gasteiger partial charge in [0.1, 0.15) is 0 Å². The van der Waals surface area contributed by atoms with Gasteiger partial charge in [-0.1, -0.05) is 20.3 Å². The number of hydrogen-bond acceptors (Lipinski definition) is 4. The lowest BCUT2D eigenvalue weighted by Crippen LogP contribution is -2.10. The summed E-state index contributed by atoms with van der Waals surface area (Å²) in [5.41, 5.74) is 1.01. The SMILES string of the molecule is CCC(C)CNc1ccc([N+](=O)[O-])c2cnccc12. The Balaban J connectivity index is 2.41. The smallest absolute Gasteiger partial charge is 0.278 e. The molecule has 5 nitrogen and oxygen atoms in total. The quantitative estimate of drug-likeness (QED) is 0.658. The highest BCUT2D eigenvalue weighted by Gasteiger charge is 2.14. The predicted octanol–water partition coefficient (Wildman–Crippen LogP) is 3.60. The van der Waals surface area contributed by atoms with Crippen LogP contribution in [0.15, 0.2) is 30.6 Å². The molecule has 1 aromatic carbocycles. The van der Waals surface area contributed by atoms with Gasteiger partial charge in [0.2, 0.25) is 0 Å². The van der Waals surface area contributed by atoms with Gasteiger partial charge in [-0.2, -0.15) is 0 Å². The number of nitro groups is 1. The number of fused-ring (bicyclic) bond motifs is 1. The summed E-state index contributed by atoms with van der Waals surface area (Å²) in [6.07, 6.45) is 4.29. The number of aromatic nitrogens is 1. The fourth-order valence-electron chi connectivity index (χ4n) is 1.92. The molecule has 2 aromatic rings. The molecule has 0 aliphatic carbocycles. The van der Waals surface area contributed by atoms with E-state index in [1.807, 2.05) is 0 Å². The highest BCUT2D eigenvalue weighted by atomic mass is 16.6. The lowest BCUT2D eigenvalue weighted by molar-refractivity contribution is -0.383. The molecule has 0 bridgehead atoms. The molecular weight excluding hydrogens is 242 g/mol. The van der Waals surface area contributed by atoms with Crippen molar-refractivity contribution in [2.75, 3.05) is 11.9 Å². The normalized spacial score (nSPS) is 12.3. The second kappa shape index (κ2) is 5.65. The first-order chi connectivity index (χ1) is 9.13. The summed E-state index contributed by atoms with van der Waals surface area (Å²) < 4.78 is 0. The minimum atomic E-state index is -0.373. The van der Waals surface area contributed by atoms with Crippen molar-refractivity contribution in [3.63, 3.8) is 0 Å². The Morgan fingerprint density at radius 3 is 2.84 bits per heavy atom. The molecule has 1 atom stereocenters. The zero-order chi connectivity index (χ0) is 13.8. The zero-order valence-electron chi connectivity index (χ0n) is 11.1. The van der Waals surface area contributed by atoms with Crippen LogP contribution in [0.2, 0.25) is 0 Å². The number of pyridine rings is 1. The second-order valence-electron chi connectivity index (χ2n) is 4.70. The highest BCUT2D eigenvalue weighted by Crippen LogP contribution is 2.30. The molecule has 1 N–H and O–H groups in total. The summed E-state index contributed by atoms with van der Waals surface area (Å²) in [5.74, 6) is 0.562. The summed E-state index contributed by atoms with van der Waals surface area (Å²) in [6.45, 7) is 5.16. The van der Waals surface area contributed by atoms with E-state index in [1.54, 1.807) is 24.5 Å². The van der Waals surface area contributed by atoms with Crippen LogP contribution in [-0.2, 0) is 0 Å². The molecular formula is C14H17N3O2. The number of nitrogens with zero attached hydrogens (tertiary/aromatic N) is 2. The van der Waals surface area contributed by atoms with E-state index >= 15 is 0 Å². The van der Waals surface area contributed by atoms with E-state index in [-0.39, 0.29) is 10.6 Å². The monoisotopic (exact) mass is 259 g/mol. The van der Waals surface area contributed by atoms with Crippen LogP contribution in [0, 0.1) is 16.0 Å². The fraction of sp³-hybridized carbons (Fsp3) is 0.357. The average molecular weight is 259 g/mol. The van der Waals surface area contributed by atoms with Crippen molar-refractivity contribution in [2.45, 2.75) is 20.3 Å². The van der Waals surface area contributed by atoms with Crippen molar-refractivity contribution in [2.24, 2.45) is 5.92 Å². The first-order valence-corrected chi connectivity index (χ1v) is 6.38. The zero-order valence-corrected chi connectivity index (χ0v) is 11.1. The molecule has 0 amide bonds. The average Bonchev–Trinajstić information content (AvgIpc) is 2.43. The third-order valence-corrected chi connectivity index (χ3v) is 3.33. The topological polar surface area (TPSA) is 68.1 Å². The first kappa shape index (κ1) is 13.3. The minimum Gasteiger partial charge on any atom is -0.384 e. The Kier molecular flexibility index (Phi) is 3.94. The second-order valence-corrected chi connectivity index (χ2v) is 4.70. The molecule has 0 saturated heterocycles. The molecule has 1 heterocycles. The van der Waals surface area contributed by atoms with Crippen LogP contribution < -0.4 is 5.32 Å². The van der Waals surface area contributed by atoms with Gasteiger partial charge >= 0.3 is 0 Å². The van der Waals surface area contributed by atoms with Crippen LogP contribution in [0.5, 0.6) is 0 Å². The van der Waals surface area contributed by atoms with Gasteiger partial charge in [0, 0.05) is 36.1 Å². The van der Waals surface area contributed by atoms with Crippen LogP contribution in [0.4, 0.5) is 11.4 Å². The van der Waals surface area contributed by atoms with Gasteiger partial charge in [0.15, 0.2) is 0 Å². The third-order valence-electron chi connectivity index (χ3n) is 3.33. The number of hydrogen-bond donors (Lipinski definition) is 1. The fourth-order valence-corrected chi connectivity index (χ4v) is 1.92. The lowest BCUT2D eigenvalue weighted by Gasteiger charge is -2.13. The number of anilines is 1. The molecule has 0 saturated carbocycles. The minimum absolute atomic E-state index is 0.0946. The van der Waals surface area contributed by atoms with Crippen LogP contribution in [0.3, 0.4) is 0 Å². The summed E-state index contributed by atoms with van der Waals surface area (Å²) in [5, 5.41) is 15.8. The Bertz CT molecular complexity index is 598. The van der Waals surface area contributed by atoms with Gasteiger partial charge in [-0.3, -0.25) is 15.1 Å². The van der Waals surface area contributed by atoms with E-state index in [2.05, 4.69) is 24.1 Å². The number of nitro benzene ring substituents is 1. The van der Waals surface area contributed by atoms with Crippen molar-refractivity contribution < 1.29 is 4.92 Å². The van der Waals surface area contributed by atoms with E-state index in [0.29, 0.717) is 11.3 Å². The molecule has 0 fully saturated rings. The van der Waals surface area contributed by atoms with Crippen LogP contribution >= 0.6 is 0 Å². The van der Waals surface area contributed by atoms with E-state index in [1.165, 1.54) is 6.07 Å². The number of nitrogens with one attached hydrogen (secondary N) is 1. The van der Waals surface area contributed by atoms with Gasteiger partial charge in [0.05, 0.1) is 10.3 Å². The summed E-state index contributed by atoms with van der Waals surface area (Å²) in [6, 6.07) is 5.10. The molecule has 0 aliphatic rings. The van der Waals surface area contributed by atoms with Crippen molar-refractivity contribution >= 4 is 22.1 Å². The Hall–Kier alpha value is -2.17. The van der Waals surface area contributed by atoms with Crippen molar-refractivity contribution in [3.05, 3.63) is 40.7 Å². The summed E-state index contributed by atoms with van der Waals surface area (Å²) >= 11 is 0. The van der Waals surface area contributed by atoms with Gasteiger partial charge < -0.3 is 5.32 Å². The molecule has 0 radical (unpaired) electrons. The van der Waals surface area contributed by atoms with Crippen LogP contribution in [0.25, 0.3) is 10.8 Å². The van der Waals surface area contributed by atoms with Gasteiger partial charge in [0.25, 0.3) is 5.69 Å². The molecule has 0 spiro atoms. The van der Waals surface area contributed by atoms with Crippen molar-refractivity contribution in [3.8, 4) is 0 Å². The van der Waals surface area contributed by atoms with Crippen LogP contribution in [0.1, 0.15) is 20.3 Å². The van der Waals surface area contributed by atoms with Crippen molar-refractivity contribution in [1.82, 2.24) is 4.98 Å². The van der Waals surface area contributed by atoms with E-state index in [0.717, 1.165) is 24.0 Å². The third kappa shape index (κ3) is 2.81. The first-order valence-electron chi connectivity index (χ1n) is 6.38. The van der Waals surface area contributed by atoms with Crippen molar-refractivity contribution in [1.29, 1.82) is 0 Å². The Labute approximate surface area is 111 Å². The maximum atomic E-state index is 11.0. The molecule has 2 rings (SSSR count). The van der Waals surface area contributed by atoms with E-state index in [4.69, 9.17) is 0 Å². The molecule has 1 unspecified atom stereocenters. The number of non-ortho nitro benzene ring substituents is 1. The number of rotatable bonds is 5. The van der Waals surface area contributed by atoms with Gasteiger partial charge in [-0.25, -0.2) is 0 Å². The molecule has 5 heteroatoms. The Morgan fingerprint density at radius 1 is 1.37 bits per heavy atom. The summed E-state index contributed by atoms with van der Waals surface area (Å²) in [4.78, 5) is 14.6. The number of benzene rings is 1. The standard InChI is InChI=1S/C14H17N3O2/c1-3-10(2)8-16-13-4-5-14(17(18)19)12-9-15-7-6-11(12)13/h4-7,9-10,16H,3,8H2,1-2H3. The lowest BCUT2D eigenvalue weighted by atomic mass is 10.1. The van der Waals surface area contributed by atoms with E-state index < -0.39 is 0 Å². The van der Waals surface area contributed by atoms with Gasteiger partial charge in [-0.05, 0) is 18.1 Å². The maximum Gasteiger partial charge on any atom is 0.278 e. The molecule has 19 heavy (non-hydrogen) atoms. The summed E-state index contributed by atoms with van der Waals surface area (Å²) in [7, 11) is 0. The Morgan fingerprint density at radius 2 is 2.16 bits per heavy atom. The van der Waals surface area contributed by atoms with Crippen LogP contribution in [-0.4, -0.2) is 16.5 Å². The van der Waals surface area contributed by atoms with Gasteiger partial charge in [-0.15, -0.1) is 0 Å². The highest BCUT2D eigenvalue weighted by molar-refractivity contribution is 5.99. The maximum absolute atomic E-state index is 11.0. The molecule has 100 valence electrons. The van der Waals surface area contributed by atoms with E-state index in [9.17, 15) is 10.1 Å². The predicted molar refractivity (Wildman–Crippen MR) is 76.3 cm³/mol.